The van der Waals surface area contributed by atoms with E-state index in [9.17, 15) is 0 Å². The third-order valence-corrected chi connectivity index (χ3v) is 0.878. The van der Waals surface area contributed by atoms with Gasteiger partial charge in [-0.2, -0.15) is 0 Å². The van der Waals surface area contributed by atoms with Gasteiger partial charge in [-0.05, 0) is 0 Å². The fourth-order valence-electron chi connectivity index (χ4n) is 0. The Labute approximate surface area is 41.9 Å². The molecule has 0 N–H and O–H groups in total. The van der Waals surface area contributed by atoms with Crippen molar-refractivity contribution in [2.24, 2.45) is 2.96 Å². The number of nitrogens with zero attached hydrogens (tertiary/aromatic N) is 1. The minimum Gasteiger partial charge on any atom is -0.212 e. The quantitative estimate of drug-likeness (QED) is 0.306. The van der Waals surface area contributed by atoms with Crippen molar-refractivity contribution in [3.63, 3.8) is 0 Å². The molecule has 0 saturated heterocycles. The molecule has 0 atom stereocenters. The molecule has 0 amide bonds. The van der Waals surface area contributed by atoms with Crippen molar-refractivity contribution >= 4 is 38.7 Å². The first-order chi connectivity index (χ1) is 1.91. The molecule has 0 spiro atoms. The van der Waals surface area contributed by atoms with Gasteiger partial charge in [0.2, 0.25) is 0 Å². The summed E-state index contributed by atoms with van der Waals surface area (Å²) in [5.74, 6) is 0. The Morgan fingerprint density at radius 3 is 2.25 bits per heavy atom. The zero-order chi connectivity index (χ0) is 3.41. The summed E-state index contributed by atoms with van der Waals surface area (Å²) in [6.07, 6.45) is 0. The first kappa shape index (κ1) is 4.89. The highest BCUT2D eigenvalue weighted by molar-refractivity contribution is 14.1. The standard InChI is InChI=1S/BINP/c1-4-3-2. The van der Waals surface area contributed by atoms with E-state index in [0.717, 1.165) is 0 Å². The molecule has 0 aliphatic carbocycles. The van der Waals surface area contributed by atoms with Crippen LogP contribution in [0, 0.1) is 0 Å². The smallest absolute Gasteiger partial charge is 0.179 e. The van der Waals surface area contributed by atoms with Crippen LogP contribution in [0.4, 0.5) is 0 Å². The third kappa shape index (κ3) is 2.89. The number of rotatable bonds is 0. The molecule has 2 radical (unpaired) electrons. The van der Waals surface area contributed by atoms with Gasteiger partial charge in [-0.25, -0.2) is 2.96 Å². The number of halogens is 1. The molecule has 0 saturated carbocycles. The molecule has 0 fully saturated rings. The average molecular weight is 183 g/mol. The second kappa shape index (κ2) is 3.89. The molecule has 0 aliphatic heterocycles. The molecule has 0 rings (SSSR count). The van der Waals surface area contributed by atoms with Crippen LogP contribution in [0.5, 0.6) is 0 Å². The summed E-state index contributed by atoms with van der Waals surface area (Å²) in [6.45, 7) is 0. The fraction of sp³-hybridized carbons (Fsp3) is 0. The Hall–Kier alpha value is 0.895. The van der Waals surface area contributed by atoms with Gasteiger partial charge in [0.1, 0.15) is 0 Å². The van der Waals surface area contributed by atoms with Crippen molar-refractivity contribution in [3.05, 3.63) is 0 Å². The van der Waals surface area contributed by atoms with Gasteiger partial charge >= 0.3 is 0 Å². The topological polar surface area (TPSA) is 12.4 Å². The Kier molecular flexibility index (Phi) is 4.77. The molecular weight excluding hydrogens is 183 g/mol. The second-order valence-corrected chi connectivity index (χ2v) is 1.87. The monoisotopic (exact) mass is 183 g/mol. The van der Waals surface area contributed by atoms with E-state index in [0.29, 0.717) is 8.25 Å². The zero-order valence-corrected chi connectivity index (χ0v) is 4.90. The largest absolute Gasteiger partial charge is 0.212 e. The second-order valence-electron chi connectivity index (χ2n) is 0.191. The molecule has 0 bridgehead atoms. The Balaban J connectivity index is 2.55. The highest BCUT2D eigenvalue weighted by Crippen LogP contribution is 1.93. The SMILES string of the molecule is [B]P=NI. The van der Waals surface area contributed by atoms with Crippen LogP contribution in [0.1, 0.15) is 0 Å². The maximum absolute atomic E-state index is 4.83. The molecule has 1 nitrogen and oxygen atoms in total. The molecular formula is BINP. The lowest BCUT2D eigenvalue weighted by molar-refractivity contribution is 2.23. The molecule has 0 aromatic heterocycles. The molecule has 0 aromatic carbocycles. The lowest BCUT2D eigenvalue weighted by Gasteiger charge is -1.47. The first-order valence-electron chi connectivity index (χ1n) is 0.627. The van der Waals surface area contributed by atoms with Crippen LogP contribution in [0.2, 0.25) is 0 Å². The molecule has 20 valence electrons. The van der Waals surface area contributed by atoms with Gasteiger partial charge in [-0.15, -0.1) is 0 Å². The summed E-state index contributed by atoms with van der Waals surface area (Å²) in [6, 6.07) is 0. The summed E-state index contributed by atoms with van der Waals surface area (Å²) in [5, 5.41) is 0. The van der Waals surface area contributed by atoms with Gasteiger partial charge < -0.3 is 0 Å². The summed E-state index contributed by atoms with van der Waals surface area (Å²) >= 11 is 1.84. The van der Waals surface area contributed by atoms with Gasteiger partial charge in [-0.1, -0.05) is 8.25 Å². The minimum absolute atomic E-state index is 0.610. The van der Waals surface area contributed by atoms with Crippen molar-refractivity contribution in [1.82, 2.24) is 0 Å². The summed E-state index contributed by atoms with van der Waals surface area (Å²) in [7, 11) is 5.44. The predicted molar refractivity (Wildman–Crippen MR) is 29.1 cm³/mol. The molecule has 0 aromatic rings. The lowest BCUT2D eigenvalue weighted by Crippen LogP contribution is -1.12. The molecule has 4 heteroatoms. The average Bonchev–Trinajstić information content (AvgIpc) is 1.37. The van der Waals surface area contributed by atoms with E-state index in [1.807, 2.05) is 22.9 Å². The number of hydrogen-bond donors (Lipinski definition) is 0. The van der Waals surface area contributed by atoms with Crippen molar-refractivity contribution in [1.29, 1.82) is 0 Å². The van der Waals surface area contributed by atoms with Gasteiger partial charge in [-0.3, -0.25) is 0 Å². The van der Waals surface area contributed by atoms with Crippen LogP contribution in [-0.4, -0.2) is 7.57 Å². The predicted octanol–water partition coefficient (Wildman–Crippen LogP) is 1.55. The summed E-state index contributed by atoms with van der Waals surface area (Å²) < 4.78 is 3.46. The van der Waals surface area contributed by atoms with Crippen molar-refractivity contribution in [2.75, 3.05) is 0 Å². The first-order valence-corrected chi connectivity index (χ1v) is 2.51. The maximum Gasteiger partial charge on any atom is 0.179 e. The van der Waals surface area contributed by atoms with E-state index in [1.54, 1.807) is 0 Å². The van der Waals surface area contributed by atoms with Crippen LogP contribution in [0.3, 0.4) is 0 Å². The minimum atomic E-state index is 0.610. The van der Waals surface area contributed by atoms with E-state index in [4.69, 9.17) is 7.57 Å². The van der Waals surface area contributed by atoms with Crippen LogP contribution >= 0.6 is 31.1 Å². The molecule has 0 unspecified atom stereocenters. The van der Waals surface area contributed by atoms with E-state index in [1.165, 1.54) is 0 Å². The van der Waals surface area contributed by atoms with E-state index < -0.39 is 0 Å². The summed E-state index contributed by atoms with van der Waals surface area (Å²) in [4.78, 5) is 0. The molecule has 4 heavy (non-hydrogen) atoms. The van der Waals surface area contributed by atoms with Crippen LogP contribution in [-0.2, 0) is 0 Å². The van der Waals surface area contributed by atoms with Crippen LogP contribution in [0.15, 0.2) is 2.96 Å². The molecule has 0 aliphatic rings. The van der Waals surface area contributed by atoms with Crippen molar-refractivity contribution in [2.45, 2.75) is 0 Å². The number of hydrogen-bond acceptors (Lipinski definition) is 1. The van der Waals surface area contributed by atoms with E-state index in [2.05, 4.69) is 2.96 Å². The normalized spacial score (nSPS) is 9.25. The third-order valence-electron chi connectivity index (χ3n) is 0.0436. The van der Waals surface area contributed by atoms with Crippen LogP contribution < -0.4 is 0 Å². The van der Waals surface area contributed by atoms with Gasteiger partial charge in [0.25, 0.3) is 0 Å². The Morgan fingerprint density at radius 1 is 2.00 bits per heavy atom. The zero-order valence-electron chi connectivity index (χ0n) is 1.85. The van der Waals surface area contributed by atoms with E-state index >= 15 is 0 Å². The summed E-state index contributed by atoms with van der Waals surface area (Å²) in [5.41, 5.74) is 0. The van der Waals surface area contributed by atoms with Crippen molar-refractivity contribution in [3.8, 4) is 0 Å². The Morgan fingerprint density at radius 2 is 2.25 bits per heavy atom. The highest BCUT2D eigenvalue weighted by atomic mass is 127. The van der Waals surface area contributed by atoms with Crippen LogP contribution in [0.25, 0.3) is 0 Å². The highest BCUT2D eigenvalue weighted by Gasteiger charge is 1.38. The van der Waals surface area contributed by atoms with Gasteiger partial charge in [0.15, 0.2) is 7.57 Å². The fourth-order valence-corrected chi connectivity index (χ4v) is 0. The van der Waals surface area contributed by atoms with Gasteiger partial charge in [0.05, 0.1) is 22.9 Å². The molecule has 0 heterocycles. The van der Waals surface area contributed by atoms with Crippen molar-refractivity contribution < 1.29 is 0 Å². The van der Waals surface area contributed by atoms with Gasteiger partial charge in [0, 0.05) is 0 Å². The Bertz CT molecular complexity index is 23.2. The maximum atomic E-state index is 4.83. The lowest BCUT2D eigenvalue weighted by atomic mass is 10.8. The van der Waals surface area contributed by atoms with E-state index in [-0.39, 0.29) is 0 Å².